The van der Waals surface area contributed by atoms with Gasteiger partial charge < -0.3 is 14.6 Å². The number of imidazole rings is 1. The Hall–Kier alpha value is -4.43. The molecule has 0 unspecified atom stereocenters. The van der Waals surface area contributed by atoms with Crippen LogP contribution in [0.15, 0.2) is 43.0 Å². The summed E-state index contributed by atoms with van der Waals surface area (Å²) in [6.07, 6.45) is 5.51. The van der Waals surface area contributed by atoms with Crippen LogP contribution in [0.1, 0.15) is 36.8 Å². The van der Waals surface area contributed by atoms with Crippen molar-refractivity contribution in [1.82, 2.24) is 34.0 Å². The molecule has 2 fully saturated rings. The quantitative estimate of drug-likeness (QED) is 0.214. The Kier molecular flexibility index (Phi) is 7.28. The topological polar surface area (TPSA) is 106 Å². The Bertz CT molecular complexity index is 1930. The maximum Gasteiger partial charge on any atom is 0.416 e. The second-order valence-electron chi connectivity index (χ2n) is 11.5. The third kappa shape index (κ3) is 5.75. The van der Waals surface area contributed by atoms with Gasteiger partial charge in [-0.05, 0) is 62.5 Å². The number of aromatic nitrogens is 6. The fourth-order valence-electron chi connectivity index (χ4n) is 5.58. The largest absolute Gasteiger partial charge is 0.450 e. The monoisotopic (exact) mass is 639 g/mol. The lowest BCUT2D eigenvalue weighted by Gasteiger charge is -2.18. The van der Waals surface area contributed by atoms with E-state index < -0.39 is 11.7 Å². The molecule has 15 heteroatoms. The molecule has 11 nitrogen and oxygen atoms in total. The molecule has 1 aliphatic heterocycles. The number of halogens is 4. The van der Waals surface area contributed by atoms with Gasteiger partial charge in [-0.2, -0.15) is 23.3 Å². The van der Waals surface area contributed by atoms with E-state index in [4.69, 9.17) is 16.3 Å². The average Bonchev–Trinajstić information content (AvgIpc) is 3.45. The van der Waals surface area contributed by atoms with Crippen molar-refractivity contribution in [1.29, 1.82) is 0 Å². The minimum absolute atomic E-state index is 0.0252. The molecule has 1 amide bonds. The predicted octanol–water partition coefficient (Wildman–Crippen LogP) is 6.19. The number of anilines is 3. The molecule has 2 aliphatic rings. The van der Waals surface area contributed by atoms with Gasteiger partial charge in [-0.15, -0.1) is 0 Å². The van der Waals surface area contributed by atoms with E-state index in [-0.39, 0.29) is 39.9 Å². The lowest BCUT2D eigenvalue weighted by Crippen LogP contribution is -2.28. The number of amides is 1. The maximum absolute atomic E-state index is 13.8. The first-order valence-corrected chi connectivity index (χ1v) is 14.9. The van der Waals surface area contributed by atoms with Gasteiger partial charge in [-0.1, -0.05) is 11.6 Å². The van der Waals surface area contributed by atoms with Gasteiger partial charge in [0.15, 0.2) is 23.0 Å². The minimum Gasteiger partial charge on any atom is -0.450 e. The van der Waals surface area contributed by atoms with E-state index in [1.54, 1.807) is 41.6 Å². The highest BCUT2D eigenvalue weighted by Crippen LogP contribution is 2.38. The Morgan fingerprint density at radius 3 is 2.62 bits per heavy atom. The molecule has 0 radical (unpaired) electrons. The molecule has 5 aromatic rings. The number of hydrogen-bond acceptors (Lipinski definition) is 8. The van der Waals surface area contributed by atoms with Crippen LogP contribution in [0.5, 0.6) is 11.5 Å². The molecule has 1 N–H and O–H groups in total. The SMILES string of the molecule is CN(C(=O)C1CC1)c1cn2ncc(Oc3cnc4nc(Nc5cc(CN6CCCC6)cc(C(F)(F)F)c5)n(C)c4c3Cl)c2cn1. The van der Waals surface area contributed by atoms with Crippen molar-refractivity contribution in [3.05, 3.63) is 59.1 Å². The number of carbonyl (C=O) groups excluding carboxylic acids is 1. The van der Waals surface area contributed by atoms with Gasteiger partial charge in [-0.25, -0.2) is 14.5 Å². The number of benzene rings is 1. The predicted molar refractivity (Wildman–Crippen MR) is 162 cm³/mol. The Morgan fingerprint density at radius 1 is 1.11 bits per heavy atom. The summed E-state index contributed by atoms with van der Waals surface area (Å²) in [5.41, 5.74) is 1.35. The highest BCUT2D eigenvalue weighted by molar-refractivity contribution is 6.36. The second kappa shape index (κ2) is 11.2. The summed E-state index contributed by atoms with van der Waals surface area (Å²) in [5.74, 6) is 1.40. The van der Waals surface area contributed by atoms with Crippen LogP contribution in [0.2, 0.25) is 5.02 Å². The Morgan fingerprint density at radius 2 is 1.89 bits per heavy atom. The molecule has 0 bridgehead atoms. The van der Waals surface area contributed by atoms with Crippen LogP contribution >= 0.6 is 11.6 Å². The van der Waals surface area contributed by atoms with Crippen LogP contribution in [0, 0.1) is 5.92 Å². The molecule has 0 atom stereocenters. The number of pyridine rings is 1. The Labute approximate surface area is 260 Å². The number of alkyl halides is 3. The summed E-state index contributed by atoms with van der Waals surface area (Å²) in [6, 6.07) is 3.98. The number of nitrogens with one attached hydrogen (secondary N) is 1. The summed E-state index contributed by atoms with van der Waals surface area (Å²) >= 11 is 6.78. The van der Waals surface area contributed by atoms with Crippen molar-refractivity contribution in [3.8, 4) is 11.5 Å². The fraction of sp³-hybridized carbons (Fsp3) is 0.367. The van der Waals surface area contributed by atoms with Gasteiger partial charge in [0.2, 0.25) is 11.9 Å². The Balaban J connectivity index is 1.15. The van der Waals surface area contributed by atoms with E-state index >= 15 is 0 Å². The standard InChI is InChI=1S/C30H29ClF3N9O2/c1-40(28(44)18-5-6-18)24-16-43-21(12-35-24)22(14-37-43)45-23-13-36-27-26(25(23)31)41(2)29(39-27)38-20-10-17(15-42-7-3-4-8-42)9-19(11-20)30(32,33)34/h9-14,16,18H,3-8,15H2,1-2H3,(H,36,38,39). The zero-order valence-corrected chi connectivity index (χ0v) is 25.2. The molecule has 1 saturated heterocycles. The number of ether oxygens (including phenoxy) is 1. The van der Waals surface area contributed by atoms with E-state index in [0.717, 1.165) is 44.8 Å². The molecule has 4 aromatic heterocycles. The van der Waals surface area contributed by atoms with E-state index in [0.29, 0.717) is 34.7 Å². The highest BCUT2D eigenvalue weighted by Gasteiger charge is 2.33. The first-order chi connectivity index (χ1) is 21.5. The normalized spacial score (nSPS) is 15.7. The van der Waals surface area contributed by atoms with Gasteiger partial charge in [0.25, 0.3) is 0 Å². The summed E-state index contributed by atoms with van der Waals surface area (Å²) in [6.45, 7) is 2.17. The number of carbonyl (C=O) groups is 1. The zero-order valence-electron chi connectivity index (χ0n) is 24.5. The van der Waals surface area contributed by atoms with Gasteiger partial charge in [0.1, 0.15) is 16.1 Å². The molecule has 234 valence electrons. The lowest BCUT2D eigenvalue weighted by molar-refractivity contribution is -0.137. The van der Waals surface area contributed by atoms with Crippen LogP contribution in [0.4, 0.5) is 30.6 Å². The number of hydrogen-bond donors (Lipinski definition) is 1. The average molecular weight is 640 g/mol. The molecule has 7 rings (SSSR count). The maximum atomic E-state index is 13.8. The van der Waals surface area contributed by atoms with Crippen LogP contribution in [-0.2, 0) is 24.6 Å². The molecule has 1 aromatic carbocycles. The molecule has 45 heavy (non-hydrogen) atoms. The molecule has 5 heterocycles. The molecule has 1 saturated carbocycles. The van der Waals surface area contributed by atoms with Gasteiger partial charge in [0.05, 0.1) is 30.4 Å². The lowest BCUT2D eigenvalue weighted by atomic mass is 10.1. The third-order valence-corrected chi connectivity index (χ3v) is 8.53. The highest BCUT2D eigenvalue weighted by atomic mass is 35.5. The van der Waals surface area contributed by atoms with Crippen molar-refractivity contribution < 1.29 is 22.7 Å². The van der Waals surface area contributed by atoms with Crippen LogP contribution in [0.25, 0.3) is 16.7 Å². The minimum atomic E-state index is -4.50. The fourth-order valence-corrected chi connectivity index (χ4v) is 5.88. The third-order valence-electron chi connectivity index (χ3n) is 8.16. The molecule has 1 aliphatic carbocycles. The van der Waals surface area contributed by atoms with Gasteiger partial charge in [-0.3, -0.25) is 14.6 Å². The van der Waals surface area contributed by atoms with Crippen LogP contribution in [-0.4, -0.2) is 60.1 Å². The molecular weight excluding hydrogens is 611 g/mol. The first-order valence-electron chi connectivity index (χ1n) is 14.6. The summed E-state index contributed by atoms with van der Waals surface area (Å²) in [4.78, 5) is 29.4. The van der Waals surface area contributed by atoms with Crippen molar-refractivity contribution in [3.63, 3.8) is 0 Å². The summed E-state index contributed by atoms with van der Waals surface area (Å²) in [7, 11) is 3.38. The molecular formula is C30H29ClF3N9O2. The number of nitrogens with zero attached hydrogens (tertiary/aromatic N) is 8. The van der Waals surface area contributed by atoms with Gasteiger partial charge in [0, 0.05) is 32.2 Å². The van der Waals surface area contributed by atoms with Crippen molar-refractivity contribution in [2.45, 2.75) is 38.4 Å². The van der Waals surface area contributed by atoms with E-state index in [1.165, 1.54) is 23.4 Å². The van der Waals surface area contributed by atoms with Crippen molar-refractivity contribution in [2.24, 2.45) is 13.0 Å². The zero-order chi connectivity index (χ0) is 31.5. The van der Waals surface area contributed by atoms with Crippen molar-refractivity contribution >= 4 is 51.6 Å². The first kappa shape index (κ1) is 29.3. The van der Waals surface area contributed by atoms with Crippen LogP contribution < -0.4 is 15.0 Å². The smallest absolute Gasteiger partial charge is 0.416 e. The summed E-state index contributed by atoms with van der Waals surface area (Å²) in [5, 5.41) is 7.58. The van der Waals surface area contributed by atoms with Crippen molar-refractivity contribution in [2.75, 3.05) is 30.4 Å². The van der Waals surface area contributed by atoms with E-state index in [9.17, 15) is 18.0 Å². The number of rotatable bonds is 8. The number of aryl methyl sites for hydroxylation is 1. The van der Waals surface area contributed by atoms with E-state index in [2.05, 4.69) is 30.3 Å². The second-order valence-corrected chi connectivity index (χ2v) is 11.9. The van der Waals surface area contributed by atoms with E-state index in [1.807, 2.05) is 0 Å². The number of likely N-dealkylation sites (tertiary alicyclic amines) is 1. The van der Waals surface area contributed by atoms with Gasteiger partial charge >= 0.3 is 6.18 Å². The number of fused-ring (bicyclic) bond motifs is 2. The molecule has 0 spiro atoms. The van der Waals surface area contributed by atoms with Crippen LogP contribution in [0.3, 0.4) is 0 Å². The summed E-state index contributed by atoms with van der Waals surface area (Å²) < 4.78 is 50.6.